The zero-order chi connectivity index (χ0) is 39.5. The van der Waals surface area contributed by atoms with Crippen LogP contribution in [0.1, 0.15) is 24.1 Å². The van der Waals surface area contributed by atoms with Crippen molar-refractivity contribution < 1.29 is 0 Å². The molecule has 4 heteroatoms. The fraction of sp³-hybridized carbons (Fsp3) is 0.0357. The molecule has 0 saturated carbocycles. The van der Waals surface area contributed by atoms with Crippen LogP contribution in [0.4, 0.5) is 0 Å². The standard InChI is InChI=1S/C56H35N3S/c1-33-40-16-7-10-20-44(40)54-51(33)57-53(52(58-54)37-14-3-2-4-15-37)38-25-23-34(24-26-38)35-27-30-39(31-28-35)59-46-22-12-11-21-45(46)48-42-18-8-9-19-43(42)50-49-41-17-6-5-13-36(41)29-32-47(49)60-56(50)55(48)59/h2-33H,1H3/t33-/m1/s1. The molecular formula is C56H35N3S. The molecule has 1 aliphatic carbocycles. The average Bonchev–Trinajstić information content (AvgIpc) is 3.97. The lowest BCUT2D eigenvalue weighted by atomic mass is 9.96. The summed E-state index contributed by atoms with van der Waals surface area (Å²) in [5, 5.41) is 10.5. The fourth-order valence-electron chi connectivity index (χ4n) is 10.0. The van der Waals surface area contributed by atoms with E-state index < -0.39 is 0 Å². The predicted molar refractivity (Wildman–Crippen MR) is 254 cm³/mol. The number of aromatic nitrogens is 3. The van der Waals surface area contributed by atoms with Gasteiger partial charge in [-0.25, -0.2) is 9.97 Å². The Morgan fingerprint density at radius 3 is 1.85 bits per heavy atom. The fourth-order valence-corrected chi connectivity index (χ4v) is 11.3. The minimum Gasteiger partial charge on any atom is -0.308 e. The summed E-state index contributed by atoms with van der Waals surface area (Å²) in [6, 6.07) is 68.4. The number of fused-ring (bicyclic) bond motifs is 15. The number of benzene rings is 9. The van der Waals surface area contributed by atoms with Crippen molar-refractivity contribution in [3.05, 3.63) is 199 Å². The molecule has 0 unspecified atom stereocenters. The SMILES string of the molecule is C[C@@H]1c2ccccc2-c2nc(-c3ccccc3)c(-c3ccc(-c4ccc(-n5c6ccccc6c6c7ccccc7c7c(sc8ccc9ccccc9c87)c65)cc4)cc3)nc21. The second-order valence-corrected chi connectivity index (χ2v) is 17.1. The van der Waals surface area contributed by atoms with E-state index in [9.17, 15) is 0 Å². The molecule has 0 spiro atoms. The van der Waals surface area contributed by atoms with Crippen LogP contribution in [0.15, 0.2) is 188 Å². The first-order chi connectivity index (χ1) is 29.7. The number of nitrogens with zero attached hydrogens (tertiary/aromatic N) is 3. The minimum atomic E-state index is 0.188. The summed E-state index contributed by atoms with van der Waals surface area (Å²) in [7, 11) is 0. The Hall–Kier alpha value is -7.40. The maximum atomic E-state index is 5.39. The smallest absolute Gasteiger partial charge is 0.0973 e. The Morgan fingerprint density at radius 2 is 1.05 bits per heavy atom. The lowest BCUT2D eigenvalue weighted by molar-refractivity contribution is 0.899. The Morgan fingerprint density at radius 1 is 0.450 bits per heavy atom. The maximum absolute atomic E-state index is 5.39. The monoisotopic (exact) mass is 781 g/mol. The van der Waals surface area contributed by atoms with Crippen LogP contribution in [0.3, 0.4) is 0 Å². The molecule has 13 rings (SSSR count). The van der Waals surface area contributed by atoms with Crippen molar-refractivity contribution in [1.82, 2.24) is 14.5 Å². The molecule has 0 fully saturated rings. The number of rotatable bonds is 4. The van der Waals surface area contributed by atoms with Gasteiger partial charge < -0.3 is 4.57 Å². The van der Waals surface area contributed by atoms with E-state index in [2.05, 4.69) is 200 Å². The van der Waals surface area contributed by atoms with Gasteiger partial charge in [0.15, 0.2) is 0 Å². The van der Waals surface area contributed by atoms with E-state index >= 15 is 0 Å². The van der Waals surface area contributed by atoms with Crippen LogP contribution in [0.2, 0.25) is 0 Å². The molecule has 0 bridgehead atoms. The minimum absolute atomic E-state index is 0.188. The van der Waals surface area contributed by atoms with Crippen molar-refractivity contribution in [2.75, 3.05) is 0 Å². The summed E-state index contributed by atoms with van der Waals surface area (Å²) in [5.41, 5.74) is 14.4. The van der Waals surface area contributed by atoms with E-state index in [4.69, 9.17) is 9.97 Å². The van der Waals surface area contributed by atoms with Crippen molar-refractivity contribution in [2.24, 2.45) is 0 Å². The average molecular weight is 782 g/mol. The van der Waals surface area contributed by atoms with Gasteiger partial charge in [-0.1, -0.05) is 171 Å². The summed E-state index contributed by atoms with van der Waals surface area (Å²) in [6.45, 7) is 2.24. The van der Waals surface area contributed by atoms with Gasteiger partial charge in [0, 0.05) is 54.5 Å². The normalized spacial score (nSPS) is 13.6. The highest BCUT2D eigenvalue weighted by molar-refractivity contribution is 7.27. The third-order valence-electron chi connectivity index (χ3n) is 12.8. The third-order valence-corrected chi connectivity index (χ3v) is 14.0. The number of hydrogen-bond donors (Lipinski definition) is 0. The molecule has 280 valence electrons. The molecule has 3 nitrogen and oxygen atoms in total. The van der Waals surface area contributed by atoms with Crippen LogP contribution in [-0.4, -0.2) is 14.5 Å². The van der Waals surface area contributed by atoms with Crippen molar-refractivity contribution in [3.63, 3.8) is 0 Å². The number of hydrogen-bond acceptors (Lipinski definition) is 3. The molecule has 1 atom stereocenters. The molecule has 0 amide bonds. The second kappa shape index (κ2) is 12.8. The van der Waals surface area contributed by atoms with Gasteiger partial charge in [-0.05, 0) is 62.5 Å². The zero-order valence-corrected chi connectivity index (χ0v) is 33.5. The van der Waals surface area contributed by atoms with Gasteiger partial charge in [0.2, 0.25) is 0 Å². The molecule has 12 aromatic rings. The van der Waals surface area contributed by atoms with E-state index in [1.807, 2.05) is 11.3 Å². The molecule has 9 aromatic carbocycles. The summed E-state index contributed by atoms with van der Waals surface area (Å²) < 4.78 is 5.15. The molecule has 0 saturated heterocycles. The van der Waals surface area contributed by atoms with E-state index in [-0.39, 0.29) is 5.92 Å². The quantitative estimate of drug-likeness (QED) is 0.178. The lowest BCUT2D eigenvalue weighted by Gasteiger charge is -2.14. The number of para-hydroxylation sites is 1. The van der Waals surface area contributed by atoms with Gasteiger partial charge in [0.1, 0.15) is 0 Å². The Kier molecular flexibility index (Phi) is 7.16. The highest BCUT2D eigenvalue weighted by atomic mass is 32.1. The van der Waals surface area contributed by atoms with Crippen LogP contribution >= 0.6 is 11.3 Å². The molecule has 3 aromatic heterocycles. The Balaban J connectivity index is 0.953. The van der Waals surface area contributed by atoms with Crippen molar-refractivity contribution in [2.45, 2.75) is 12.8 Å². The lowest BCUT2D eigenvalue weighted by Crippen LogP contribution is -2.01. The first-order valence-electron chi connectivity index (χ1n) is 20.7. The third kappa shape index (κ3) is 4.77. The van der Waals surface area contributed by atoms with E-state index in [1.54, 1.807) is 0 Å². The molecular weight excluding hydrogens is 747 g/mol. The van der Waals surface area contributed by atoms with E-state index in [0.717, 1.165) is 45.2 Å². The highest BCUT2D eigenvalue weighted by Crippen LogP contribution is 2.50. The van der Waals surface area contributed by atoms with Gasteiger partial charge in [-0.15, -0.1) is 11.3 Å². The first kappa shape index (κ1) is 33.6. The summed E-state index contributed by atoms with van der Waals surface area (Å²) in [6.07, 6.45) is 0. The zero-order valence-electron chi connectivity index (χ0n) is 32.7. The predicted octanol–water partition coefficient (Wildman–Crippen LogP) is 15.4. The van der Waals surface area contributed by atoms with Gasteiger partial charge in [-0.2, -0.15) is 0 Å². The second-order valence-electron chi connectivity index (χ2n) is 16.0. The van der Waals surface area contributed by atoms with E-state index in [0.29, 0.717) is 0 Å². The van der Waals surface area contributed by atoms with Crippen molar-refractivity contribution in [1.29, 1.82) is 0 Å². The van der Waals surface area contributed by atoms with Crippen LogP contribution in [0.25, 0.3) is 114 Å². The molecule has 60 heavy (non-hydrogen) atoms. The largest absolute Gasteiger partial charge is 0.308 e. The maximum Gasteiger partial charge on any atom is 0.0973 e. The number of thiophene rings is 1. The van der Waals surface area contributed by atoms with Crippen LogP contribution in [0.5, 0.6) is 0 Å². The van der Waals surface area contributed by atoms with Crippen LogP contribution < -0.4 is 0 Å². The van der Waals surface area contributed by atoms with Crippen LogP contribution in [0, 0.1) is 0 Å². The molecule has 3 heterocycles. The van der Waals surface area contributed by atoms with E-state index in [1.165, 1.54) is 80.2 Å². The summed E-state index contributed by atoms with van der Waals surface area (Å²) >= 11 is 1.92. The van der Waals surface area contributed by atoms with Gasteiger partial charge in [-0.3, -0.25) is 0 Å². The Bertz CT molecular complexity index is 3710. The molecule has 0 aliphatic heterocycles. The highest BCUT2D eigenvalue weighted by Gasteiger charge is 2.30. The Labute approximate surface area is 350 Å². The van der Waals surface area contributed by atoms with Gasteiger partial charge in [0.05, 0.1) is 38.5 Å². The topological polar surface area (TPSA) is 30.7 Å². The van der Waals surface area contributed by atoms with Gasteiger partial charge in [0.25, 0.3) is 0 Å². The molecule has 0 N–H and O–H groups in total. The van der Waals surface area contributed by atoms with Crippen molar-refractivity contribution >= 4 is 74.9 Å². The summed E-state index contributed by atoms with van der Waals surface area (Å²) in [4.78, 5) is 10.7. The molecule has 0 radical (unpaired) electrons. The first-order valence-corrected chi connectivity index (χ1v) is 21.5. The molecule has 1 aliphatic rings. The summed E-state index contributed by atoms with van der Waals surface area (Å²) in [5.74, 6) is 0.188. The van der Waals surface area contributed by atoms with Gasteiger partial charge >= 0.3 is 0 Å². The van der Waals surface area contributed by atoms with Crippen LogP contribution in [-0.2, 0) is 0 Å². The van der Waals surface area contributed by atoms with Crippen molar-refractivity contribution in [3.8, 4) is 50.6 Å².